The van der Waals surface area contributed by atoms with E-state index in [2.05, 4.69) is 9.97 Å². The number of benzene rings is 1. The summed E-state index contributed by atoms with van der Waals surface area (Å²) in [5.74, 6) is 1.44. The van der Waals surface area contributed by atoms with Crippen molar-refractivity contribution in [1.82, 2.24) is 9.97 Å². The summed E-state index contributed by atoms with van der Waals surface area (Å²) in [6.07, 6.45) is 3.40. The maximum atomic E-state index is 5.88. The van der Waals surface area contributed by atoms with E-state index >= 15 is 0 Å². The van der Waals surface area contributed by atoms with Crippen LogP contribution in [0.2, 0.25) is 0 Å². The Kier molecular flexibility index (Phi) is 3.18. The maximum Gasteiger partial charge on any atom is 0.138 e. The van der Waals surface area contributed by atoms with Crippen molar-refractivity contribution in [3.63, 3.8) is 0 Å². The normalized spacial score (nSPS) is 10.7. The van der Waals surface area contributed by atoms with Crippen LogP contribution in [0.15, 0.2) is 48.8 Å². The van der Waals surface area contributed by atoms with Gasteiger partial charge in [0.05, 0.1) is 11.2 Å². The second kappa shape index (κ2) is 5.14. The van der Waals surface area contributed by atoms with Crippen molar-refractivity contribution in [1.29, 1.82) is 0 Å². The summed E-state index contributed by atoms with van der Waals surface area (Å²) in [5.41, 5.74) is 13.6. The van der Waals surface area contributed by atoms with Crippen molar-refractivity contribution < 1.29 is 4.74 Å². The molecule has 0 aliphatic carbocycles. The quantitative estimate of drug-likeness (QED) is 0.711. The van der Waals surface area contributed by atoms with Gasteiger partial charge in [0, 0.05) is 30.0 Å². The third kappa shape index (κ3) is 2.26. The smallest absolute Gasteiger partial charge is 0.138 e. The molecule has 0 aliphatic heterocycles. The third-order valence-electron chi connectivity index (χ3n) is 3.00. The predicted octanol–water partition coefficient (Wildman–Crippen LogP) is 2.46. The van der Waals surface area contributed by atoms with Gasteiger partial charge in [-0.05, 0) is 36.4 Å². The molecule has 0 saturated carbocycles. The van der Waals surface area contributed by atoms with Gasteiger partial charge in [-0.25, -0.2) is 0 Å². The first kappa shape index (κ1) is 12.4. The monoisotopic (exact) mass is 266 g/mol. The SMILES string of the molecule is NCc1nccc2c(Oc3ccc(N)cc3)ccnc12. The fourth-order valence-corrected chi connectivity index (χ4v) is 2.01. The van der Waals surface area contributed by atoms with Gasteiger partial charge in [-0.2, -0.15) is 0 Å². The Morgan fingerprint density at radius 1 is 0.950 bits per heavy atom. The molecular formula is C15H14N4O. The van der Waals surface area contributed by atoms with Crippen molar-refractivity contribution in [2.75, 3.05) is 5.73 Å². The minimum Gasteiger partial charge on any atom is -0.457 e. The van der Waals surface area contributed by atoms with Crippen molar-refractivity contribution in [3.05, 3.63) is 54.5 Å². The zero-order valence-corrected chi connectivity index (χ0v) is 10.8. The molecule has 2 aromatic heterocycles. The zero-order chi connectivity index (χ0) is 13.9. The van der Waals surface area contributed by atoms with Crippen molar-refractivity contribution in [3.8, 4) is 11.5 Å². The number of fused-ring (bicyclic) bond motifs is 1. The van der Waals surface area contributed by atoms with Gasteiger partial charge in [0.1, 0.15) is 11.5 Å². The van der Waals surface area contributed by atoms with Gasteiger partial charge >= 0.3 is 0 Å². The highest BCUT2D eigenvalue weighted by molar-refractivity contribution is 5.86. The summed E-state index contributed by atoms with van der Waals surface area (Å²) in [5, 5.41) is 0.889. The van der Waals surface area contributed by atoms with Crippen LogP contribution in [0.5, 0.6) is 11.5 Å². The number of nitrogens with zero attached hydrogens (tertiary/aromatic N) is 2. The molecule has 0 saturated heterocycles. The Morgan fingerprint density at radius 3 is 2.45 bits per heavy atom. The number of ether oxygens (including phenoxy) is 1. The highest BCUT2D eigenvalue weighted by Gasteiger charge is 2.08. The Bertz CT molecular complexity index is 740. The lowest BCUT2D eigenvalue weighted by atomic mass is 10.2. The number of pyridine rings is 2. The Labute approximate surface area is 116 Å². The van der Waals surface area contributed by atoms with E-state index in [0.717, 1.165) is 28.1 Å². The Hall–Kier alpha value is -2.66. The molecule has 4 N–H and O–H groups in total. The van der Waals surface area contributed by atoms with E-state index in [-0.39, 0.29) is 0 Å². The summed E-state index contributed by atoms with van der Waals surface area (Å²) in [4.78, 5) is 8.55. The topological polar surface area (TPSA) is 87.0 Å². The molecule has 3 rings (SSSR count). The number of anilines is 1. The van der Waals surface area contributed by atoms with Crippen LogP contribution in [0.4, 0.5) is 5.69 Å². The fraction of sp³-hybridized carbons (Fsp3) is 0.0667. The van der Waals surface area contributed by atoms with Crippen LogP contribution in [-0.4, -0.2) is 9.97 Å². The lowest BCUT2D eigenvalue weighted by Gasteiger charge is -2.10. The van der Waals surface area contributed by atoms with Crippen LogP contribution in [-0.2, 0) is 6.54 Å². The van der Waals surface area contributed by atoms with E-state index in [4.69, 9.17) is 16.2 Å². The first-order valence-electron chi connectivity index (χ1n) is 6.24. The van der Waals surface area contributed by atoms with Crippen LogP contribution in [0.3, 0.4) is 0 Å². The molecule has 5 heteroatoms. The molecule has 3 aromatic rings. The summed E-state index contributed by atoms with van der Waals surface area (Å²) in [7, 11) is 0. The molecule has 0 unspecified atom stereocenters. The Morgan fingerprint density at radius 2 is 1.70 bits per heavy atom. The molecule has 0 aliphatic rings. The lowest BCUT2D eigenvalue weighted by Crippen LogP contribution is -2.01. The molecule has 2 heterocycles. The average Bonchev–Trinajstić information content (AvgIpc) is 2.49. The van der Waals surface area contributed by atoms with Crippen LogP contribution >= 0.6 is 0 Å². The number of hydrogen-bond acceptors (Lipinski definition) is 5. The van der Waals surface area contributed by atoms with Gasteiger partial charge in [-0.3, -0.25) is 9.97 Å². The van der Waals surface area contributed by atoms with Crippen LogP contribution in [0, 0.1) is 0 Å². The molecular weight excluding hydrogens is 252 g/mol. The van der Waals surface area contributed by atoms with Gasteiger partial charge in [0.2, 0.25) is 0 Å². The van der Waals surface area contributed by atoms with Crippen LogP contribution in [0.1, 0.15) is 5.69 Å². The fourth-order valence-electron chi connectivity index (χ4n) is 2.01. The van der Waals surface area contributed by atoms with E-state index in [9.17, 15) is 0 Å². The zero-order valence-electron chi connectivity index (χ0n) is 10.8. The lowest BCUT2D eigenvalue weighted by molar-refractivity contribution is 0.488. The number of nitrogens with two attached hydrogens (primary N) is 2. The molecule has 100 valence electrons. The third-order valence-corrected chi connectivity index (χ3v) is 3.00. The van der Waals surface area contributed by atoms with E-state index in [1.165, 1.54) is 0 Å². The van der Waals surface area contributed by atoms with Crippen molar-refractivity contribution >= 4 is 16.6 Å². The molecule has 20 heavy (non-hydrogen) atoms. The molecule has 0 atom stereocenters. The number of rotatable bonds is 3. The van der Waals surface area contributed by atoms with Gasteiger partial charge in [-0.1, -0.05) is 0 Å². The maximum absolute atomic E-state index is 5.88. The predicted molar refractivity (Wildman–Crippen MR) is 78.4 cm³/mol. The number of nitrogen functional groups attached to an aromatic ring is 1. The van der Waals surface area contributed by atoms with Crippen molar-refractivity contribution in [2.24, 2.45) is 5.73 Å². The average molecular weight is 266 g/mol. The van der Waals surface area contributed by atoms with Gasteiger partial charge < -0.3 is 16.2 Å². The van der Waals surface area contributed by atoms with E-state index in [1.54, 1.807) is 24.5 Å². The highest BCUT2D eigenvalue weighted by atomic mass is 16.5. The molecule has 5 nitrogen and oxygen atoms in total. The van der Waals surface area contributed by atoms with Gasteiger partial charge in [-0.15, -0.1) is 0 Å². The highest BCUT2D eigenvalue weighted by Crippen LogP contribution is 2.29. The second-order valence-electron chi connectivity index (χ2n) is 4.34. The minimum atomic E-state index is 0.343. The largest absolute Gasteiger partial charge is 0.457 e. The Balaban J connectivity index is 2.05. The van der Waals surface area contributed by atoms with Gasteiger partial charge in [0.15, 0.2) is 0 Å². The standard InChI is InChI=1S/C15H14N4O/c16-9-13-15-12(5-7-18-13)14(6-8-19-15)20-11-3-1-10(17)2-4-11/h1-8H,9,16-17H2. The number of hydrogen-bond donors (Lipinski definition) is 2. The van der Waals surface area contributed by atoms with Gasteiger partial charge in [0.25, 0.3) is 0 Å². The van der Waals surface area contributed by atoms with Crippen molar-refractivity contribution in [2.45, 2.75) is 6.54 Å². The molecule has 0 bridgehead atoms. The van der Waals surface area contributed by atoms with Crippen LogP contribution < -0.4 is 16.2 Å². The van der Waals surface area contributed by atoms with Crippen LogP contribution in [0.25, 0.3) is 10.9 Å². The summed E-state index contributed by atoms with van der Waals surface area (Å²) in [6.45, 7) is 0.343. The summed E-state index contributed by atoms with van der Waals surface area (Å²) in [6, 6.07) is 10.9. The summed E-state index contributed by atoms with van der Waals surface area (Å²) >= 11 is 0. The molecule has 0 amide bonds. The first-order valence-corrected chi connectivity index (χ1v) is 6.24. The first-order chi connectivity index (χ1) is 9.78. The molecule has 1 aromatic carbocycles. The van der Waals surface area contributed by atoms with E-state index in [0.29, 0.717) is 12.2 Å². The van der Waals surface area contributed by atoms with E-state index in [1.807, 2.05) is 24.3 Å². The second-order valence-corrected chi connectivity index (χ2v) is 4.34. The molecule has 0 radical (unpaired) electrons. The molecule has 0 fully saturated rings. The minimum absolute atomic E-state index is 0.343. The summed E-state index contributed by atoms with van der Waals surface area (Å²) < 4.78 is 5.88. The van der Waals surface area contributed by atoms with E-state index < -0.39 is 0 Å². The molecule has 0 spiro atoms. The number of aromatic nitrogens is 2.